The van der Waals surface area contributed by atoms with Crippen molar-refractivity contribution < 1.29 is 9.21 Å². The summed E-state index contributed by atoms with van der Waals surface area (Å²) < 4.78 is 7.41. The van der Waals surface area contributed by atoms with Crippen LogP contribution in [0.3, 0.4) is 0 Å². The lowest BCUT2D eigenvalue weighted by atomic mass is 9.52. The average Bonchev–Trinajstić information content (AvgIpc) is 3.14. The van der Waals surface area contributed by atoms with Crippen molar-refractivity contribution in [2.24, 2.45) is 18.4 Å². The van der Waals surface area contributed by atoms with Gasteiger partial charge in [0.15, 0.2) is 5.78 Å². The second kappa shape index (κ2) is 5.13. The summed E-state index contributed by atoms with van der Waals surface area (Å²) in [7, 11) is 1.86. The zero-order valence-corrected chi connectivity index (χ0v) is 15.6. The van der Waals surface area contributed by atoms with Gasteiger partial charge >= 0.3 is 0 Å². The molecule has 2 aliphatic carbocycles. The van der Waals surface area contributed by atoms with Gasteiger partial charge in [-0.1, -0.05) is 26.8 Å². The van der Waals surface area contributed by atoms with Crippen molar-refractivity contribution >= 4 is 5.78 Å². The minimum absolute atomic E-state index is 0.0744. The zero-order chi connectivity index (χ0) is 18.9. The average molecular weight is 351 g/mol. The molecule has 0 aromatic carbocycles. The molecule has 134 valence electrons. The SMILES string of the molecule is Cc1nnc(-c2c3c(nn2C)[C@@]2(C)C=C(C#N)C(=O)C(C)(C)[C@@H]2CC3)o1. The van der Waals surface area contributed by atoms with Crippen LogP contribution < -0.4 is 0 Å². The number of carbonyl (C=O) groups is 1. The standard InChI is InChI=1S/C19H21N5O2/c1-10-21-22-17(26-10)14-12-6-7-13-18(2,3)16(25)11(9-20)8-19(13,4)15(12)23-24(14)5/h8,13H,6-7H2,1-5H3/t13-,19-/m0/s1. The third-order valence-corrected chi connectivity index (χ3v) is 6.06. The Morgan fingerprint density at radius 2 is 2.08 bits per heavy atom. The molecule has 2 aromatic rings. The van der Waals surface area contributed by atoms with E-state index in [0.717, 1.165) is 29.8 Å². The van der Waals surface area contributed by atoms with E-state index in [-0.39, 0.29) is 17.3 Å². The van der Waals surface area contributed by atoms with Gasteiger partial charge in [0.25, 0.3) is 5.89 Å². The Labute approximate surface area is 151 Å². The Kier molecular flexibility index (Phi) is 3.30. The van der Waals surface area contributed by atoms with Crippen LogP contribution in [0.4, 0.5) is 0 Å². The van der Waals surface area contributed by atoms with Crippen LogP contribution in [-0.4, -0.2) is 25.8 Å². The summed E-state index contributed by atoms with van der Waals surface area (Å²) in [5, 5.41) is 22.4. The van der Waals surface area contributed by atoms with Crippen molar-refractivity contribution in [3.8, 4) is 17.7 Å². The Morgan fingerprint density at radius 1 is 1.35 bits per heavy atom. The number of hydrogen-bond acceptors (Lipinski definition) is 6. The number of nitrogens with zero attached hydrogens (tertiary/aromatic N) is 5. The first-order chi connectivity index (χ1) is 12.2. The van der Waals surface area contributed by atoms with Crippen LogP contribution >= 0.6 is 0 Å². The van der Waals surface area contributed by atoms with Gasteiger partial charge in [0.2, 0.25) is 5.89 Å². The Balaban J connectivity index is 1.96. The van der Waals surface area contributed by atoms with Crippen LogP contribution in [0.25, 0.3) is 11.6 Å². The maximum absolute atomic E-state index is 12.7. The number of hydrogen-bond donors (Lipinski definition) is 0. The maximum Gasteiger partial charge on any atom is 0.266 e. The first-order valence-corrected chi connectivity index (χ1v) is 8.74. The molecule has 2 heterocycles. The van der Waals surface area contributed by atoms with Crippen molar-refractivity contribution in [1.29, 1.82) is 5.26 Å². The van der Waals surface area contributed by atoms with Crippen LogP contribution in [0.2, 0.25) is 0 Å². The highest BCUT2D eigenvalue weighted by Crippen LogP contribution is 2.55. The van der Waals surface area contributed by atoms with E-state index in [0.29, 0.717) is 11.8 Å². The number of ketones is 1. The van der Waals surface area contributed by atoms with E-state index < -0.39 is 10.8 Å². The molecule has 0 amide bonds. The number of aryl methyl sites for hydroxylation is 2. The third kappa shape index (κ3) is 1.99. The molecule has 26 heavy (non-hydrogen) atoms. The third-order valence-electron chi connectivity index (χ3n) is 6.06. The lowest BCUT2D eigenvalue weighted by molar-refractivity contribution is -0.128. The predicted molar refractivity (Wildman–Crippen MR) is 92.9 cm³/mol. The number of aromatic nitrogens is 4. The quantitative estimate of drug-likeness (QED) is 0.783. The highest BCUT2D eigenvalue weighted by Gasteiger charge is 2.55. The van der Waals surface area contributed by atoms with E-state index >= 15 is 0 Å². The molecular weight excluding hydrogens is 330 g/mol. The predicted octanol–water partition coefficient (Wildman–Crippen LogP) is 2.66. The number of Topliss-reactive ketones (excluding diaryl/α,β-unsaturated/α-hetero) is 1. The molecule has 0 spiro atoms. The number of rotatable bonds is 1. The molecule has 0 aliphatic heterocycles. The summed E-state index contributed by atoms with van der Waals surface area (Å²) in [6.07, 6.45) is 3.44. The van der Waals surface area contributed by atoms with Gasteiger partial charge in [-0.15, -0.1) is 10.2 Å². The molecule has 7 nitrogen and oxygen atoms in total. The Hall–Kier alpha value is -2.75. The van der Waals surface area contributed by atoms with E-state index in [4.69, 9.17) is 9.52 Å². The molecule has 2 aromatic heterocycles. The lowest BCUT2D eigenvalue weighted by Gasteiger charge is -2.49. The lowest BCUT2D eigenvalue weighted by Crippen LogP contribution is -2.51. The number of fused-ring (bicyclic) bond motifs is 3. The summed E-state index contributed by atoms with van der Waals surface area (Å²) in [5.74, 6) is 0.969. The summed E-state index contributed by atoms with van der Waals surface area (Å²) >= 11 is 0. The molecule has 0 N–H and O–H groups in total. The van der Waals surface area contributed by atoms with Crippen molar-refractivity contribution in [2.75, 3.05) is 0 Å². The molecule has 2 atom stereocenters. The van der Waals surface area contributed by atoms with Crippen LogP contribution in [0.15, 0.2) is 16.1 Å². The Bertz CT molecular complexity index is 1000. The van der Waals surface area contributed by atoms with Gasteiger partial charge < -0.3 is 4.42 Å². The highest BCUT2D eigenvalue weighted by molar-refractivity contribution is 6.04. The first-order valence-electron chi connectivity index (χ1n) is 8.74. The second-order valence-corrected chi connectivity index (χ2v) is 8.02. The fraction of sp³-hybridized carbons (Fsp3) is 0.526. The van der Waals surface area contributed by atoms with Gasteiger partial charge in [-0.3, -0.25) is 9.48 Å². The van der Waals surface area contributed by atoms with Crippen molar-refractivity contribution in [1.82, 2.24) is 20.0 Å². The van der Waals surface area contributed by atoms with Crippen molar-refractivity contribution in [3.05, 3.63) is 28.8 Å². The summed E-state index contributed by atoms with van der Waals surface area (Å²) in [5.41, 5.74) is 1.92. The van der Waals surface area contributed by atoms with Crippen LogP contribution in [0, 0.1) is 29.6 Å². The molecule has 0 saturated carbocycles. The van der Waals surface area contributed by atoms with E-state index in [1.54, 1.807) is 11.6 Å². The van der Waals surface area contributed by atoms with Gasteiger partial charge in [0.05, 0.1) is 11.3 Å². The van der Waals surface area contributed by atoms with E-state index in [1.165, 1.54) is 0 Å². The minimum Gasteiger partial charge on any atom is -0.420 e. The molecule has 0 bridgehead atoms. The topological polar surface area (TPSA) is 97.6 Å². The molecular formula is C19H21N5O2. The molecule has 0 radical (unpaired) electrons. The molecule has 4 rings (SSSR count). The van der Waals surface area contributed by atoms with E-state index in [9.17, 15) is 10.1 Å². The largest absolute Gasteiger partial charge is 0.420 e. The normalized spacial score (nSPS) is 26.7. The molecule has 0 unspecified atom stereocenters. The highest BCUT2D eigenvalue weighted by atomic mass is 16.4. The summed E-state index contributed by atoms with van der Waals surface area (Å²) in [6, 6.07) is 2.09. The van der Waals surface area contributed by atoms with E-state index in [1.807, 2.05) is 27.0 Å². The van der Waals surface area contributed by atoms with Crippen LogP contribution in [-0.2, 0) is 23.7 Å². The second-order valence-electron chi connectivity index (χ2n) is 8.02. The van der Waals surface area contributed by atoms with Gasteiger partial charge in [-0.2, -0.15) is 10.4 Å². The smallest absolute Gasteiger partial charge is 0.266 e. The van der Waals surface area contributed by atoms with Crippen LogP contribution in [0.5, 0.6) is 0 Å². The number of allylic oxidation sites excluding steroid dienone is 2. The molecule has 2 aliphatic rings. The molecule has 0 fully saturated rings. The minimum atomic E-state index is -0.606. The van der Waals surface area contributed by atoms with Crippen LogP contribution in [0.1, 0.15) is 44.3 Å². The molecule has 0 saturated heterocycles. The van der Waals surface area contributed by atoms with Crippen molar-refractivity contribution in [3.63, 3.8) is 0 Å². The van der Waals surface area contributed by atoms with Crippen molar-refractivity contribution in [2.45, 2.75) is 46.0 Å². The number of carbonyl (C=O) groups excluding carboxylic acids is 1. The first kappa shape index (κ1) is 16.7. The Morgan fingerprint density at radius 3 is 2.69 bits per heavy atom. The molecule has 7 heteroatoms. The van der Waals surface area contributed by atoms with Gasteiger partial charge in [0, 0.05) is 30.4 Å². The van der Waals surface area contributed by atoms with Gasteiger partial charge in [-0.25, -0.2) is 0 Å². The van der Waals surface area contributed by atoms with E-state index in [2.05, 4.69) is 23.2 Å². The maximum atomic E-state index is 12.7. The summed E-state index contributed by atoms with van der Waals surface area (Å²) in [4.78, 5) is 12.7. The fourth-order valence-electron chi connectivity index (χ4n) is 4.88. The number of nitriles is 1. The van der Waals surface area contributed by atoms with Gasteiger partial charge in [0.1, 0.15) is 11.8 Å². The summed E-state index contributed by atoms with van der Waals surface area (Å²) in [6.45, 7) is 7.72. The monoisotopic (exact) mass is 351 g/mol. The zero-order valence-electron chi connectivity index (χ0n) is 15.6. The van der Waals surface area contributed by atoms with Gasteiger partial charge in [-0.05, 0) is 18.8 Å². The fourth-order valence-corrected chi connectivity index (χ4v) is 4.88.